The van der Waals surface area contributed by atoms with Gasteiger partial charge in [0.05, 0.1) is 19.8 Å². The minimum atomic E-state index is 0.212. The number of hydrogen-bond donors (Lipinski definition) is 1. The zero-order chi connectivity index (χ0) is 14.8. The molecule has 2 aromatic rings. The smallest absolute Gasteiger partial charge is 0.124 e. The Labute approximate surface area is 129 Å². The number of hydrogen-bond acceptors (Lipinski definition) is 3. The summed E-state index contributed by atoms with van der Waals surface area (Å²) in [6, 6.07) is 12.0. The van der Waals surface area contributed by atoms with E-state index in [0.29, 0.717) is 6.61 Å². The van der Waals surface area contributed by atoms with Crippen molar-refractivity contribution < 1.29 is 9.47 Å². The van der Waals surface area contributed by atoms with E-state index in [-0.39, 0.29) is 6.04 Å². The lowest BCUT2D eigenvalue weighted by Crippen LogP contribution is -2.20. The largest absolute Gasteiger partial charge is 0.497 e. The first-order chi connectivity index (χ1) is 10.2. The SMILES string of the molecule is COc1ccc2c(c1)C(Nc1ccc(Cl)cc1C)CCO2. The van der Waals surface area contributed by atoms with Gasteiger partial charge >= 0.3 is 0 Å². The van der Waals surface area contributed by atoms with Gasteiger partial charge in [-0.2, -0.15) is 0 Å². The van der Waals surface area contributed by atoms with Crippen LogP contribution in [0.5, 0.6) is 11.5 Å². The molecule has 0 bridgehead atoms. The summed E-state index contributed by atoms with van der Waals surface area (Å²) < 4.78 is 11.0. The van der Waals surface area contributed by atoms with Crippen LogP contribution in [0.2, 0.25) is 5.02 Å². The molecule has 0 saturated carbocycles. The maximum atomic E-state index is 6.02. The molecule has 1 N–H and O–H groups in total. The highest BCUT2D eigenvalue weighted by Gasteiger charge is 2.22. The van der Waals surface area contributed by atoms with Gasteiger partial charge in [-0.1, -0.05) is 11.6 Å². The lowest BCUT2D eigenvalue weighted by molar-refractivity contribution is 0.273. The number of fused-ring (bicyclic) bond motifs is 1. The third-order valence-corrected chi connectivity index (χ3v) is 4.01. The van der Waals surface area contributed by atoms with E-state index in [1.54, 1.807) is 7.11 Å². The first-order valence-corrected chi connectivity index (χ1v) is 7.38. The van der Waals surface area contributed by atoms with Crippen LogP contribution in [0.15, 0.2) is 36.4 Å². The molecule has 2 aromatic carbocycles. The highest BCUT2D eigenvalue weighted by atomic mass is 35.5. The molecule has 0 amide bonds. The normalized spacial score (nSPS) is 16.8. The van der Waals surface area contributed by atoms with Crippen LogP contribution in [0, 0.1) is 6.92 Å². The van der Waals surface area contributed by atoms with Crippen LogP contribution in [-0.4, -0.2) is 13.7 Å². The van der Waals surface area contributed by atoms with Gasteiger partial charge in [0, 0.05) is 22.7 Å². The second-order valence-electron chi connectivity index (χ2n) is 5.20. The molecule has 21 heavy (non-hydrogen) atoms. The van der Waals surface area contributed by atoms with Gasteiger partial charge in [0.25, 0.3) is 0 Å². The van der Waals surface area contributed by atoms with Crippen LogP contribution >= 0.6 is 11.6 Å². The molecule has 1 unspecified atom stereocenters. The van der Waals surface area contributed by atoms with Gasteiger partial charge in [0.15, 0.2) is 0 Å². The topological polar surface area (TPSA) is 30.5 Å². The number of methoxy groups -OCH3 is 1. The van der Waals surface area contributed by atoms with Crippen molar-refractivity contribution >= 4 is 17.3 Å². The molecule has 0 fully saturated rings. The van der Waals surface area contributed by atoms with Crippen molar-refractivity contribution in [1.29, 1.82) is 0 Å². The Morgan fingerprint density at radius 3 is 2.86 bits per heavy atom. The predicted octanol–water partition coefficient (Wildman–Crippen LogP) is 4.59. The molecule has 1 atom stereocenters. The van der Waals surface area contributed by atoms with Crippen molar-refractivity contribution in [2.75, 3.05) is 19.0 Å². The van der Waals surface area contributed by atoms with Crippen LogP contribution in [0.25, 0.3) is 0 Å². The lowest BCUT2D eigenvalue weighted by Gasteiger charge is -2.28. The average Bonchev–Trinajstić information content (AvgIpc) is 2.50. The summed E-state index contributed by atoms with van der Waals surface area (Å²) in [5.41, 5.74) is 3.37. The molecule has 0 aliphatic carbocycles. The monoisotopic (exact) mass is 303 g/mol. The summed E-state index contributed by atoms with van der Waals surface area (Å²) in [5.74, 6) is 1.77. The second-order valence-corrected chi connectivity index (χ2v) is 5.63. The van der Waals surface area contributed by atoms with E-state index in [4.69, 9.17) is 21.1 Å². The maximum Gasteiger partial charge on any atom is 0.124 e. The Hall–Kier alpha value is -1.87. The minimum absolute atomic E-state index is 0.212. The molecule has 0 radical (unpaired) electrons. The predicted molar refractivity (Wildman–Crippen MR) is 85.7 cm³/mol. The number of ether oxygens (including phenoxy) is 2. The summed E-state index contributed by atoms with van der Waals surface area (Å²) in [6.45, 7) is 2.77. The fourth-order valence-electron chi connectivity index (χ4n) is 2.63. The Kier molecular flexibility index (Phi) is 3.93. The third-order valence-electron chi connectivity index (χ3n) is 3.77. The van der Waals surface area contributed by atoms with Gasteiger partial charge < -0.3 is 14.8 Å². The summed E-state index contributed by atoms with van der Waals surface area (Å²) >= 11 is 6.02. The fraction of sp³-hybridized carbons (Fsp3) is 0.294. The average molecular weight is 304 g/mol. The van der Waals surface area contributed by atoms with Crippen molar-refractivity contribution in [2.24, 2.45) is 0 Å². The summed E-state index contributed by atoms with van der Waals surface area (Å²) in [5, 5.41) is 4.35. The molecule has 0 aromatic heterocycles. The van der Waals surface area contributed by atoms with Gasteiger partial charge in [-0.05, 0) is 48.9 Å². The van der Waals surface area contributed by atoms with Crippen molar-refractivity contribution in [3.8, 4) is 11.5 Å². The highest BCUT2D eigenvalue weighted by molar-refractivity contribution is 6.30. The van der Waals surface area contributed by atoms with Crippen LogP contribution in [0.4, 0.5) is 5.69 Å². The van der Waals surface area contributed by atoms with E-state index in [1.807, 2.05) is 36.4 Å². The van der Waals surface area contributed by atoms with E-state index >= 15 is 0 Å². The number of nitrogens with one attached hydrogen (secondary N) is 1. The summed E-state index contributed by atoms with van der Waals surface area (Å²) in [4.78, 5) is 0. The zero-order valence-electron chi connectivity index (χ0n) is 12.2. The molecule has 0 spiro atoms. The minimum Gasteiger partial charge on any atom is -0.497 e. The molecule has 3 nitrogen and oxygen atoms in total. The molecule has 1 heterocycles. The molecule has 4 heteroatoms. The molecular formula is C17H18ClNO2. The van der Waals surface area contributed by atoms with Gasteiger partial charge in [-0.15, -0.1) is 0 Å². The van der Waals surface area contributed by atoms with E-state index in [2.05, 4.69) is 12.2 Å². The molecule has 3 rings (SSSR count). The van der Waals surface area contributed by atoms with Gasteiger partial charge in [0.1, 0.15) is 11.5 Å². The highest BCUT2D eigenvalue weighted by Crippen LogP contribution is 2.37. The standard InChI is InChI=1S/C17H18ClNO2/c1-11-9-12(18)3-5-15(11)19-16-7-8-21-17-6-4-13(20-2)10-14(16)17/h3-6,9-10,16,19H,7-8H2,1-2H3. The zero-order valence-corrected chi connectivity index (χ0v) is 12.9. The molecule has 0 saturated heterocycles. The lowest BCUT2D eigenvalue weighted by atomic mass is 9.99. The van der Waals surface area contributed by atoms with Crippen LogP contribution in [0.3, 0.4) is 0 Å². The molecule has 110 valence electrons. The molecule has 1 aliphatic heterocycles. The number of benzene rings is 2. The van der Waals surface area contributed by atoms with Gasteiger partial charge in [-0.25, -0.2) is 0 Å². The maximum absolute atomic E-state index is 6.02. The van der Waals surface area contributed by atoms with Crippen molar-refractivity contribution in [1.82, 2.24) is 0 Å². The first kappa shape index (κ1) is 14.1. The fourth-order valence-corrected chi connectivity index (χ4v) is 2.85. The van der Waals surface area contributed by atoms with E-state index in [9.17, 15) is 0 Å². The van der Waals surface area contributed by atoms with Gasteiger partial charge in [-0.3, -0.25) is 0 Å². The van der Waals surface area contributed by atoms with E-state index in [1.165, 1.54) is 0 Å². The quantitative estimate of drug-likeness (QED) is 0.899. The third kappa shape index (κ3) is 2.93. The van der Waals surface area contributed by atoms with Gasteiger partial charge in [0.2, 0.25) is 0 Å². The second kappa shape index (κ2) is 5.86. The summed E-state index contributed by atoms with van der Waals surface area (Å²) in [6.07, 6.45) is 0.919. The van der Waals surface area contributed by atoms with Crippen LogP contribution in [-0.2, 0) is 0 Å². The van der Waals surface area contributed by atoms with Crippen LogP contribution < -0.4 is 14.8 Å². The Morgan fingerprint density at radius 1 is 1.24 bits per heavy atom. The number of aryl methyl sites for hydroxylation is 1. The van der Waals surface area contributed by atoms with Crippen molar-refractivity contribution in [3.63, 3.8) is 0 Å². The molecule has 1 aliphatic rings. The van der Waals surface area contributed by atoms with E-state index in [0.717, 1.165) is 39.8 Å². The summed E-state index contributed by atoms with van der Waals surface area (Å²) in [7, 11) is 1.68. The number of halogens is 1. The number of anilines is 1. The van der Waals surface area contributed by atoms with E-state index < -0.39 is 0 Å². The Balaban J connectivity index is 1.90. The Bertz CT molecular complexity index is 657. The number of rotatable bonds is 3. The van der Waals surface area contributed by atoms with Crippen molar-refractivity contribution in [3.05, 3.63) is 52.5 Å². The Morgan fingerprint density at radius 2 is 2.10 bits per heavy atom. The molecular weight excluding hydrogens is 286 g/mol. The van der Waals surface area contributed by atoms with Crippen LogP contribution in [0.1, 0.15) is 23.6 Å². The van der Waals surface area contributed by atoms with Crippen molar-refractivity contribution in [2.45, 2.75) is 19.4 Å². The first-order valence-electron chi connectivity index (χ1n) is 7.01.